The zero-order valence-corrected chi connectivity index (χ0v) is 17.4. The van der Waals surface area contributed by atoms with E-state index in [1.54, 1.807) is 19.2 Å². The lowest BCUT2D eigenvalue weighted by molar-refractivity contribution is -0.113. The van der Waals surface area contributed by atoms with Gasteiger partial charge in [0.25, 0.3) is 5.56 Å². The molecular weight excluding hydrogens is 394 g/mol. The molecule has 0 unspecified atom stereocenters. The van der Waals surface area contributed by atoms with Crippen LogP contribution in [0, 0.1) is 0 Å². The number of benzene rings is 3. The summed E-state index contributed by atoms with van der Waals surface area (Å²) in [6.07, 6.45) is 0.741. The van der Waals surface area contributed by atoms with Crippen molar-refractivity contribution in [2.75, 3.05) is 11.1 Å². The molecule has 4 aromatic rings. The number of hydrogen-bond acceptors (Lipinski definition) is 4. The third-order valence-electron chi connectivity index (χ3n) is 4.80. The molecular formula is C24H21N3O2S. The van der Waals surface area contributed by atoms with Crippen molar-refractivity contribution in [1.82, 2.24) is 9.55 Å². The maximum atomic E-state index is 12.6. The lowest BCUT2D eigenvalue weighted by Gasteiger charge is -2.12. The Kier molecular flexibility index (Phi) is 5.95. The molecule has 30 heavy (non-hydrogen) atoms. The van der Waals surface area contributed by atoms with E-state index in [4.69, 9.17) is 0 Å². The normalized spacial score (nSPS) is 10.8. The molecule has 0 aliphatic heterocycles. The molecule has 5 nitrogen and oxygen atoms in total. The van der Waals surface area contributed by atoms with E-state index in [1.165, 1.54) is 21.9 Å². The molecule has 4 rings (SSSR count). The maximum Gasteiger partial charge on any atom is 0.261 e. The van der Waals surface area contributed by atoms with Crippen molar-refractivity contribution >= 4 is 34.3 Å². The molecule has 0 radical (unpaired) electrons. The molecule has 1 N–H and O–H groups in total. The predicted molar refractivity (Wildman–Crippen MR) is 122 cm³/mol. The molecule has 3 aromatic carbocycles. The van der Waals surface area contributed by atoms with Crippen LogP contribution in [0.4, 0.5) is 5.69 Å². The Morgan fingerprint density at radius 3 is 2.50 bits per heavy atom. The number of rotatable bonds is 6. The molecule has 0 aliphatic carbocycles. The second-order valence-corrected chi connectivity index (χ2v) is 7.87. The monoisotopic (exact) mass is 415 g/mol. The van der Waals surface area contributed by atoms with Crippen LogP contribution in [-0.2, 0) is 18.3 Å². The third kappa shape index (κ3) is 4.44. The van der Waals surface area contributed by atoms with Crippen molar-refractivity contribution in [2.24, 2.45) is 7.05 Å². The first-order valence-electron chi connectivity index (χ1n) is 9.62. The first-order valence-corrected chi connectivity index (χ1v) is 10.6. The number of nitrogens with zero attached hydrogens (tertiary/aromatic N) is 2. The van der Waals surface area contributed by atoms with E-state index in [2.05, 4.69) is 22.4 Å². The summed E-state index contributed by atoms with van der Waals surface area (Å²) >= 11 is 1.25. The maximum absolute atomic E-state index is 12.6. The van der Waals surface area contributed by atoms with Gasteiger partial charge in [0, 0.05) is 12.7 Å². The van der Waals surface area contributed by atoms with Gasteiger partial charge in [0.1, 0.15) is 0 Å². The van der Waals surface area contributed by atoms with Gasteiger partial charge in [0.05, 0.1) is 16.7 Å². The van der Waals surface area contributed by atoms with Crippen LogP contribution in [0.3, 0.4) is 0 Å². The van der Waals surface area contributed by atoms with Gasteiger partial charge >= 0.3 is 0 Å². The number of carbonyl (C=O) groups is 1. The Bertz CT molecular complexity index is 1250. The average molecular weight is 416 g/mol. The van der Waals surface area contributed by atoms with Gasteiger partial charge < -0.3 is 5.32 Å². The van der Waals surface area contributed by atoms with Crippen LogP contribution in [-0.4, -0.2) is 21.2 Å². The number of fused-ring (bicyclic) bond motifs is 1. The summed E-state index contributed by atoms with van der Waals surface area (Å²) in [5, 5.41) is 4.09. The van der Waals surface area contributed by atoms with Gasteiger partial charge in [0.15, 0.2) is 5.16 Å². The number of nitrogens with one attached hydrogen (secondary N) is 1. The van der Waals surface area contributed by atoms with Crippen LogP contribution < -0.4 is 10.9 Å². The van der Waals surface area contributed by atoms with Crippen molar-refractivity contribution in [3.05, 3.63) is 100 Å². The van der Waals surface area contributed by atoms with Gasteiger partial charge in [0.2, 0.25) is 5.91 Å². The number of para-hydroxylation sites is 2. The number of anilines is 1. The quantitative estimate of drug-likeness (QED) is 0.378. The van der Waals surface area contributed by atoms with Crippen LogP contribution in [0.1, 0.15) is 11.1 Å². The lowest BCUT2D eigenvalue weighted by atomic mass is 10.0. The van der Waals surface area contributed by atoms with Gasteiger partial charge in [-0.1, -0.05) is 72.4 Å². The third-order valence-corrected chi connectivity index (χ3v) is 5.83. The van der Waals surface area contributed by atoms with Gasteiger partial charge in [-0.25, -0.2) is 4.98 Å². The summed E-state index contributed by atoms with van der Waals surface area (Å²) < 4.78 is 1.49. The highest BCUT2D eigenvalue weighted by Crippen LogP contribution is 2.21. The number of carbonyl (C=O) groups excluding carboxylic acids is 1. The molecule has 0 fully saturated rings. The van der Waals surface area contributed by atoms with Gasteiger partial charge in [-0.05, 0) is 35.7 Å². The fourth-order valence-corrected chi connectivity index (χ4v) is 4.03. The number of thioether (sulfide) groups is 1. The fourth-order valence-electron chi connectivity index (χ4n) is 3.26. The molecule has 1 heterocycles. The molecule has 1 amide bonds. The van der Waals surface area contributed by atoms with Crippen LogP contribution in [0.5, 0.6) is 0 Å². The van der Waals surface area contributed by atoms with E-state index in [1.807, 2.05) is 54.6 Å². The summed E-state index contributed by atoms with van der Waals surface area (Å²) in [6, 6.07) is 25.2. The largest absolute Gasteiger partial charge is 0.325 e. The molecule has 0 aliphatic rings. The minimum atomic E-state index is -0.136. The fraction of sp³-hybridized carbons (Fsp3) is 0.125. The van der Waals surface area contributed by atoms with E-state index < -0.39 is 0 Å². The Balaban J connectivity index is 1.47. The minimum Gasteiger partial charge on any atom is -0.325 e. The topological polar surface area (TPSA) is 64.0 Å². The molecule has 0 bridgehead atoms. The Hall–Kier alpha value is -3.38. The Labute approximate surface area is 178 Å². The molecule has 150 valence electrons. The van der Waals surface area contributed by atoms with Crippen LogP contribution in [0.25, 0.3) is 10.9 Å². The summed E-state index contributed by atoms with van der Waals surface area (Å²) in [5.41, 5.74) is 3.56. The summed E-state index contributed by atoms with van der Waals surface area (Å²) in [7, 11) is 1.68. The molecule has 0 atom stereocenters. The lowest BCUT2D eigenvalue weighted by Crippen LogP contribution is -2.21. The summed E-state index contributed by atoms with van der Waals surface area (Å²) in [4.78, 5) is 29.6. The number of aromatic nitrogens is 2. The highest BCUT2D eigenvalue weighted by Gasteiger charge is 2.12. The Morgan fingerprint density at radius 2 is 1.67 bits per heavy atom. The number of hydrogen-bond donors (Lipinski definition) is 1. The molecule has 0 saturated heterocycles. The smallest absolute Gasteiger partial charge is 0.261 e. The van der Waals surface area contributed by atoms with E-state index in [9.17, 15) is 9.59 Å². The number of amides is 1. The van der Waals surface area contributed by atoms with Gasteiger partial charge in [-0.15, -0.1) is 0 Å². The van der Waals surface area contributed by atoms with Crippen molar-refractivity contribution in [3.63, 3.8) is 0 Å². The van der Waals surface area contributed by atoms with Crippen molar-refractivity contribution in [3.8, 4) is 0 Å². The van der Waals surface area contributed by atoms with Crippen LogP contribution in [0.15, 0.2) is 88.8 Å². The van der Waals surface area contributed by atoms with Gasteiger partial charge in [-0.3, -0.25) is 14.2 Å². The highest BCUT2D eigenvalue weighted by molar-refractivity contribution is 7.99. The second-order valence-electron chi connectivity index (χ2n) is 6.93. The first-order chi connectivity index (χ1) is 14.6. The van der Waals surface area contributed by atoms with Crippen LogP contribution >= 0.6 is 11.8 Å². The highest BCUT2D eigenvalue weighted by atomic mass is 32.2. The average Bonchev–Trinajstić information content (AvgIpc) is 2.77. The van der Waals surface area contributed by atoms with Crippen molar-refractivity contribution in [2.45, 2.75) is 11.6 Å². The second kappa shape index (κ2) is 8.97. The zero-order chi connectivity index (χ0) is 20.9. The van der Waals surface area contributed by atoms with E-state index in [0.717, 1.165) is 17.7 Å². The molecule has 0 saturated carbocycles. The van der Waals surface area contributed by atoms with Crippen molar-refractivity contribution in [1.29, 1.82) is 0 Å². The molecule has 0 spiro atoms. The molecule has 6 heteroatoms. The van der Waals surface area contributed by atoms with E-state index in [0.29, 0.717) is 16.1 Å². The van der Waals surface area contributed by atoms with Crippen molar-refractivity contribution < 1.29 is 4.79 Å². The minimum absolute atomic E-state index is 0.114. The predicted octanol–water partition coefficient (Wildman–Crippen LogP) is 4.26. The van der Waals surface area contributed by atoms with E-state index >= 15 is 0 Å². The molecule has 1 aromatic heterocycles. The van der Waals surface area contributed by atoms with Crippen LogP contribution in [0.2, 0.25) is 0 Å². The SMILES string of the molecule is Cn1c(SCC(=O)Nc2ccccc2Cc2ccccc2)nc2ccccc2c1=O. The summed E-state index contributed by atoms with van der Waals surface area (Å²) in [5.74, 6) is 0.0288. The van der Waals surface area contributed by atoms with Gasteiger partial charge in [-0.2, -0.15) is 0 Å². The zero-order valence-electron chi connectivity index (χ0n) is 16.5. The van der Waals surface area contributed by atoms with E-state index in [-0.39, 0.29) is 17.2 Å². The first kappa shape index (κ1) is 19.9. The standard InChI is InChI=1S/C24H21N3O2S/c1-27-23(29)19-12-6-8-14-21(19)26-24(27)30-16-22(28)25-20-13-7-5-11-18(20)15-17-9-3-2-4-10-17/h2-14H,15-16H2,1H3,(H,25,28). The summed E-state index contributed by atoms with van der Waals surface area (Å²) in [6.45, 7) is 0. The Morgan fingerprint density at radius 1 is 0.967 bits per heavy atom.